The third-order valence-electron chi connectivity index (χ3n) is 5.09. The number of aliphatic hydroxyl groups excluding tert-OH is 6. The molecule has 0 bridgehead atoms. The molecule has 3 fully saturated rings. The smallest absolute Gasteiger partial charge is 0.280 e. The zero-order valence-corrected chi connectivity index (χ0v) is 14.9. The van der Waals surface area contributed by atoms with E-state index in [-0.39, 0.29) is 6.61 Å². The van der Waals surface area contributed by atoms with E-state index in [9.17, 15) is 30.6 Å². The van der Waals surface area contributed by atoms with Gasteiger partial charge in [-0.3, -0.25) is 0 Å². The minimum Gasteiger partial charge on any atom is -0.394 e. The fraction of sp³-hybridized carbons (Fsp3) is 1.00. The molecule has 0 spiro atoms. The van der Waals surface area contributed by atoms with E-state index in [4.69, 9.17) is 28.4 Å². The fourth-order valence-corrected chi connectivity index (χ4v) is 3.37. The minimum atomic E-state index is -2.16. The van der Waals surface area contributed by atoms with Crippen molar-refractivity contribution in [1.82, 2.24) is 0 Å². The Hall–Kier alpha value is -0.480. The molecule has 0 aromatic rings. The second-order valence-corrected chi connectivity index (χ2v) is 6.85. The highest BCUT2D eigenvalue weighted by Crippen LogP contribution is 2.38. The summed E-state index contributed by atoms with van der Waals surface area (Å²) in [7, 11) is 1.35. The van der Waals surface area contributed by atoms with E-state index >= 15 is 0 Å². The molecular weight excluding hydrogens is 372 g/mol. The molecule has 27 heavy (non-hydrogen) atoms. The Kier molecular flexibility index (Phi) is 6.09. The number of hydrogen-bond donors (Lipinski definition) is 6. The Morgan fingerprint density at radius 1 is 1.04 bits per heavy atom. The van der Waals surface area contributed by atoms with Gasteiger partial charge in [-0.25, -0.2) is 0 Å². The predicted octanol–water partition coefficient (Wildman–Crippen LogP) is -4.01. The lowest BCUT2D eigenvalue weighted by Gasteiger charge is -2.49. The van der Waals surface area contributed by atoms with Crippen LogP contribution < -0.4 is 0 Å². The SMILES string of the molecule is COC1(C)OCC2OC(O[C@]3(CO)O[C@H](CO)[C@H](O)[C@H]3O)C(O)C(O)C2O1. The summed E-state index contributed by atoms with van der Waals surface area (Å²) in [6, 6.07) is 0. The first-order valence-corrected chi connectivity index (χ1v) is 8.52. The first-order chi connectivity index (χ1) is 12.7. The summed E-state index contributed by atoms with van der Waals surface area (Å²) in [4.78, 5) is 0. The van der Waals surface area contributed by atoms with Crippen LogP contribution in [0.2, 0.25) is 0 Å². The van der Waals surface area contributed by atoms with Gasteiger partial charge in [-0.05, 0) is 0 Å². The lowest BCUT2D eigenvalue weighted by atomic mass is 9.97. The highest BCUT2D eigenvalue weighted by molar-refractivity contribution is 4.99. The van der Waals surface area contributed by atoms with Crippen LogP contribution in [0.5, 0.6) is 0 Å². The Morgan fingerprint density at radius 2 is 1.74 bits per heavy atom. The van der Waals surface area contributed by atoms with Gasteiger partial charge in [-0.2, -0.15) is 0 Å². The van der Waals surface area contributed by atoms with Gasteiger partial charge in [0.15, 0.2) is 6.29 Å². The van der Waals surface area contributed by atoms with Crippen molar-refractivity contribution < 1.29 is 59.1 Å². The molecule has 0 radical (unpaired) electrons. The quantitative estimate of drug-likeness (QED) is 0.265. The van der Waals surface area contributed by atoms with Gasteiger partial charge in [0.2, 0.25) is 5.79 Å². The van der Waals surface area contributed by atoms with Crippen LogP contribution in [0, 0.1) is 0 Å². The maximum Gasteiger partial charge on any atom is 0.280 e. The molecule has 12 nitrogen and oxygen atoms in total. The van der Waals surface area contributed by atoms with Crippen LogP contribution in [0.3, 0.4) is 0 Å². The average molecular weight is 398 g/mol. The minimum absolute atomic E-state index is 0.0595. The summed E-state index contributed by atoms with van der Waals surface area (Å²) < 4.78 is 32.3. The van der Waals surface area contributed by atoms with E-state index in [0.29, 0.717) is 0 Å². The average Bonchev–Trinajstić information content (AvgIpc) is 2.91. The molecule has 0 aromatic heterocycles. The van der Waals surface area contributed by atoms with Gasteiger partial charge in [0.05, 0.1) is 13.2 Å². The zero-order chi connectivity index (χ0) is 20.0. The highest BCUT2D eigenvalue weighted by atomic mass is 16.9. The molecular formula is C15H26O12. The Morgan fingerprint density at radius 3 is 2.30 bits per heavy atom. The van der Waals surface area contributed by atoms with Crippen LogP contribution in [-0.2, 0) is 28.4 Å². The van der Waals surface area contributed by atoms with Gasteiger partial charge >= 0.3 is 0 Å². The van der Waals surface area contributed by atoms with Crippen LogP contribution in [-0.4, -0.2) is 118 Å². The molecule has 0 amide bonds. The number of fused-ring (bicyclic) bond motifs is 1. The van der Waals surface area contributed by atoms with E-state index in [2.05, 4.69) is 0 Å². The lowest BCUT2D eigenvalue weighted by Crippen LogP contribution is -2.67. The van der Waals surface area contributed by atoms with E-state index in [1.54, 1.807) is 0 Å². The standard InChI is InChI=1S/C15H26O12/c1-14(22-2)23-4-7-11(26-14)9(19)10(20)13(24-7)27-15(5-17)12(21)8(18)6(3-16)25-15/h6-13,16-21H,3-5H2,1-2H3/t6-,7?,8+,9?,10?,11?,12-,13?,14?,15+/m1/s1. The molecule has 3 aliphatic heterocycles. The number of methoxy groups -OCH3 is 1. The summed E-state index contributed by atoms with van der Waals surface area (Å²) in [5.74, 6) is -3.59. The van der Waals surface area contributed by atoms with E-state index in [1.165, 1.54) is 14.0 Å². The molecule has 0 saturated carbocycles. The Balaban J connectivity index is 1.75. The second-order valence-electron chi connectivity index (χ2n) is 6.85. The van der Waals surface area contributed by atoms with Crippen molar-refractivity contribution in [3.63, 3.8) is 0 Å². The summed E-state index contributed by atoms with van der Waals surface area (Å²) in [5.41, 5.74) is 0. The van der Waals surface area contributed by atoms with Crippen molar-refractivity contribution in [3.8, 4) is 0 Å². The molecule has 3 aliphatic rings. The van der Waals surface area contributed by atoms with Gasteiger partial charge in [0.1, 0.15) is 49.3 Å². The largest absolute Gasteiger partial charge is 0.394 e. The summed E-state index contributed by atoms with van der Waals surface area (Å²) in [6.45, 7) is -0.115. The number of aliphatic hydroxyl groups is 6. The molecule has 158 valence electrons. The number of ether oxygens (including phenoxy) is 6. The number of rotatable bonds is 5. The van der Waals surface area contributed by atoms with Gasteiger partial charge in [-0.15, -0.1) is 0 Å². The van der Waals surface area contributed by atoms with Crippen molar-refractivity contribution in [3.05, 3.63) is 0 Å². The van der Waals surface area contributed by atoms with Crippen molar-refractivity contribution in [2.75, 3.05) is 26.9 Å². The summed E-state index contributed by atoms with van der Waals surface area (Å²) in [6.07, 6.45) is -11.0. The van der Waals surface area contributed by atoms with Crippen LogP contribution >= 0.6 is 0 Å². The van der Waals surface area contributed by atoms with E-state index in [0.717, 1.165) is 0 Å². The summed E-state index contributed by atoms with van der Waals surface area (Å²) >= 11 is 0. The molecule has 12 heteroatoms. The van der Waals surface area contributed by atoms with Crippen molar-refractivity contribution in [2.45, 2.75) is 67.7 Å². The first-order valence-electron chi connectivity index (χ1n) is 8.52. The van der Waals surface area contributed by atoms with Gasteiger partial charge in [0, 0.05) is 14.0 Å². The molecule has 0 aromatic carbocycles. The normalized spacial score (nSPS) is 53.3. The third kappa shape index (κ3) is 3.61. The van der Waals surface area contributed by atoms with Crippen molar-refractivity contribution in [1.29, 1.82) is 0 Å². The maximum atomic E-state index is 10.4. The fourth-order valence-electron chi connectivity index (χ4n) is 3.37. The highest BCUT2D eigenvalue weighted by Gasteiger charge is 2.59. The maximum absolute atomic E-state index is 10.4. The molecule has 0 aliphatic carbocycles. The molecule has 3 rings (SSSR count). The predicted molar refractivity (Wildman–Crippen MR) is 81.8 cm³/mol. The molecule has 6 unspecified atom stereocenters. The van der Waals surface area contributed by atoms with Gasteiger partial charge < -0.3 is 59.1 Å². The zero-order valence-electron chi connectivity index (χ0n) is 14.9. The van der Waals surface area contributed by atoms with Crippen LogP contribution in [0.15, 0.2) is 0 Å². The van der Waals surface area contributed by atoms with E-state index in [1.807, 2.05) is 0 Å². The van der Waals surface area contributed by atoms with Crippen molar-refractivity contribution >= 4 is 0 Å². The van der Waals surface area contributed by atoms with Crippen LogP contribution in [0.25, 0.3) is 0 Å². The molecule has 3 heterocycles. The lowest BCUT2D eigenvalue weighted by molar-refractivity contribution is -0.459. The van der Waals surface area contributed by atoms with Crippen molar-refractivity contribution in [2.24, 2.45) is 0 Å². The Labute approximate surface area is 154 Å². The monoisotopic (exact) mass is 398 g/mol. The first kappa shape index (κ1) is 21.2. The molecule has 6 N–H and O–H groups in total. The second kappa shape index (κ2) is 7.74. The topological polar surface area (TPSA) is 177 Å². The third-order valence-corrected chi connectivity index (χ3v) is 5.09. The van der Waals surface area contributed by atoms with Crippen LogP contribution in [0.1, 0.15) is 6.92 Å². The summed E-state index contributed by atoms with van der Waals surface area (Å²) in [5, 5.41) is 59.8. The van der Waals surface area contributed by atoms with Gasteiger partial charge in [-0.1, -0.05) is 0 Å². The number of hydrogen-bond acceptors (Lipinski definition) is 12. The molecule has 3 saturated heterocycles. The van der Waals surface area contributed by atoms with E-state index < -0.39 is 74.0 Å². The Bertz CT molecular complexity index is 519. The molecule has 10 atom stereocenters. The van der Waals surface area contributed by atoms with Gasteiger partial charge in [0.25, 0.3) is 5.97 Å². The van der Waals surface area contributed by atoms with Crippen LogP contribution in [0.4, 0.5) is 0 Å².